The van der Waals surface area contributed by atoms with E-state index in [0.29, 0.717) is 21.3 Å². The monoisotopic (exact) mass is 427 g/mol. The summed E-state index contributed by atoms with van der Waals surface area (Å²) in [5.41, 5.74) is 1.56. The maximum atomic E-state index is 12.8. The van der Waals surface area contributed by atoms with Crippen LogP contribution in [0.25, 0.3) is 6.08 Å². The van der Waals surface area contributed by atoms with Gasteiger partial charge in [0.2, 0.25) is 5.91 Å². The molecule has 2 aromatic carbocycles. The fraction of sp³-hybridized carbons (Fsp3) is 0.150. The molecule has 0 bridgehead atoms. The number of nitro benzene ring substituents is 1. The van der Waals surface area contributed by atoms with Crippen molar-refractivity contribution in [1.29, 1.82) is 0 Å². The average molecular weight is 428 g/mol. The molecule has 9 heteroatoms. The molecular formula is C20H17N3O4S2. The molecule has 2 aromatic rings. The first-order valence-electron chi connectivity index (χ1n) is 8.70. The number of carbonyl (C=O) groups excluding carboxylic acids is 2. The van der Waals surface area contributed by atoms with Crippen molar-refractivity contribution in [3.8, 4) is 0 Å². The summed E-state index contributed by atoms with van der Waals surface area (Å²) in [5, 5.41) is 13.6. The number of rotatable bonds is 6. The summed E-state index contributed by atoms with van der Waals surface area (Å²) in [5.74, 6) is -0.664. The zero-order valence-corrected chi connectivity index (χ0v) is 17.0. The van der Waals surface area contributed by atoms with E-state index in [2.05, 4.69) is 5.32 Å². The molecule has 1 heterocycles. The van der Waals surface area contributed by atoms with Crippen molar-refractivity contribution in [1.82, 2.24) is 10.2 Å². The Bertz CT molecular complexity index is 991. The third-order valence-corrected chi connectivity index (χ3v) is 5.63. The van der Waals surface area contributed by atoms with Crippen LogP contribution >= 0.6 is 24.0 Å². The molecule has 0 radical (unpaired) electrons. The van der Waals surface area contributed by atoms with Crippen LogP contribution in [0.4, 0.5) is 5.69 Å². The first-order chi connectivity index (χ1) is 13.9. The molecule has 1 unspecified atom stereocenters. The normalized spacial score (nSPS) is 16.2. The summed E-state index contributed by atoms with van der Waals surface area (Å²) >= 11 is 6.40. The fourth-order valence-electron chi connectivity index (χ4n) is 2.71. The molecule has 0 saturated carbocycles. The van der Waals surface area contributed by atoms with Gasteiger partial charge in [-0.2, -0.15) is 0 Å². The Kier molecular flexibility index (Phi) is 6.40. The fourth-order valence-corrected chi connectivity index (χ4v) is 4.13. The van der Waals surface area contributed by atoms with Gasteiger partial charge in [-0.3, -0.25) is 24.6 Å². The molecule has 1 aliphatic rings. The van der Waals surface area contributed by atoms with E-state index in [4.69, 9.17) is 12.2 Å². The van der Waals surface area contributed by atoms with Crippen LogP contribution in [-0.2, 0) is 16.1 Å². The molecule has 0 aromatic heterocycles. The van der Waals surface area contributed by atoms with Gasteiger partial charge in [-0.15, -0.1) is 0 Å². The average Bonchev–Trinajstić information content (AvgIpc) is 2.99. The van der Waals surface area contributed by atoms with Crippen molar-refractivity contribution in [3.63, 3.8) is 0 Å². The van der Waals surface area contributed by atoms with E-state index in [1.165, 1.54) is 17.0 Å². The summed E-state index contributed by atoms with van der Waals surface area (Å²) < 4.78 is 0.297. The van der Waals surface area contributed by atoms with Crippen molar-refractivity contribution in [2.45, 2.75) is 19.5 Å². The lowest BCUT2D eigenvalue weighted by Crippen LogP contribution is -2.46. The Balaban J connectivity index is 1.68. The summed E-state index contributed by atoms with van der Waals surface area (Å²) in [7, 11) is 0. The maximum Gasteiger partial charge on any atom is 0.269 e. The Morgan fingerprint density at radius 1 is 1.24 bits per heavy atom. The smallest absolute Gasteiger partial charge is 0.269 e. The number of amides is 2. The number of nitrogens with zero attached hydrogens (tertiary/aromatic N) is 2. The highest BCUT2D eigenvalue weighted by Gasteiger charge is 2.38. The van der Waals surface area contributed by atoms with Gasteiger partial charge in [0.1, 0.15) is 10.4 Å². The predicted octanol–water partition coefficient (Wildman–Crippen LogP) is 3.50. The van der Waals surface area contributed by atoms with Crippen LogP contribution in [0.5, 0.6) is 0 Å². The zero-order valence-electron chi connectivity index (χ0n) is 15.4. The van der Waals surface area contributed by atoms with Gasteiger partial charge in [-0.25, -0.2) is 0 Å². The number of carbonyl (C=O) groups is 2. The van der Waals surface area contributed by atoms with Crippen molar-refractivity contribution in [2.24, 2.45) is 0 Å². The molecule has 1 saturated heterocycles. The lowest BCUT2D eigenvalue weighted by molar-refractivity contribution is -0.384. The van der Waals surface area contributed by atoms with E-state index in [1.54, 1.807) is 25.1 Å². The Morgan fingerprint density at radius 3 is 2.52 bits per heavy atom. The van der Waals surface area contributed by atoms with Gasteiger partial charge in [-0.05, 0) is 36.3 Å². The summed E-state index contributed by atoms with van der Waals surface area (Å²) in [4.78, 5) is 37.2. The summed E-state index contributed by atoms with van der Waals surface area (Å²) in [6, 6.07) is 14.6. The number of hydrogen-bond acceptors (Lipinski definition) is 6. The van der Waals surface area contributed by atoms with Crippen molar-refractivity contribution >= 4 is 51.9 Å². The van der Waals surface area contributed by atoms with Gasteiger partial charge in [-0.1, -0.05) is 54.3 Å². The van der Waals surface area contributed by atoms with E-state index in [0.717, 1.165) is 17.3 Å². The zero-order chi connectivity index (χ0) is 21.0. The molecule has 2 amide bonds. The van der Waals surface area contributed by atoms with Crippen LogP contribution in [0.3, 0.4) is 0 Å². The van der Waals surface area contributed by atoms with Gasteiger partial charge in [0.15, 0.2) is 0 Å². The number of benzene rings is 2. The van der Waals surface area contributed by atoms with Crippen LogP contribution in [0.15, 0.2) is 59.5 Å². The minimum absolute atomic E-state index is 0.0293. The minimum Gasteiger partial charge on any atom is -0.350 e. The highest BCUT2D eigenvalue weighted by atomic mass is 32.2. The topological polar surface area (TPSA) is 92.6 Å². The van der Waals surface area contributed by atoms with Gasteiger partial charge in [0.25, 0.3) is 11.6 Å². The number of non-ortho nitro benzene ring substituents is 1. The van der Waals surface area contributed by atoms with Crippen LogP contribution in [0, 0.1) is 10.1 Å². The van der Waals surface area contributed by atoms with Gasteiger partial charge in [0.05, 0.1) is 9.83 Å². The Hall–Kier alpha value is -3.04. The molecule has 7 nitrogen and oxygen atoms in total. The molecule has 1 atom stereocenters. The Morgan fingerprint density at radius 2 is 1.90 bits per heavy atom. The number of thiocarbonyl (C=S) groups is 1. The van der Waals surface area contributed by atoms with E-state index in [1.807, 2.05) is 30.3 Å². The predicted molar refractivity (Wildman–Crippen MR) is 116 cm³/mol. The van der Waals surface area contributed by atoms with Crippen LogP contribution in [0.2, 0.25) is 0 Å². The third kappa shape index (κ3) is 4.87. The number of nitrogens with one attached hydrogen (secondary N) is 1. The molecule has 29 heavy (non-hydrogen) atoms. The molecule has 3 rings (SSSR count). The quantitative estimate of drug-likeness (QED) is 0.328. The largest absolute Gasteiger partial charge is 0.350 e. The van der Waals surface area contributed by atoms with Crippen LogP contribution in [0.1, 0.15) is 18.1 Å². The van der Waals surface area contributed by atoms with Crippen molar-refractivity contribution in [2.75, 3.05) is 0 Å². The second-order valence-electron chi connectivity index (χ2n) is 6.28. The second kappa shape index (κ2) is 8.97. The molecular weight excluding hydrogens is 410 g/mol. The second-order valence-corrected chi connectivity index (χ2v) is 7.96. The number of nitro groups is 1. The lowest BCUT2D eigenvalue weighted by Gasteiger charge is -2.22. The molecule has 148 valence electrons. The standard InChI is InChI=1S/C20H17N3O4S2/c1-13(18(24)21-12-15-5-3-2-4-6-15)22-19(25)17(29-20(22)28)11-14-7-9-16(10-8-14)23(26)27/h2-11,13H,12H2,1H3,(H,21,24)/b17-11-. The van der Waals surface area contributed by atoms with E-state index in [9.17, 15) is 19.7 Å². The van der Waals surface area contributed by atoms with E-state index in [-0.39, 0.29) is 17.5 Å². The van der Waals surface area contributed by atoms with Crippen molar-refractivity contribution < 1.29 is 14.5 Å². The highest BCUT2D eigenvalue weighted by Crippen LogP contribution is 2.34. The molecule has 0 spiro atoms. The van der Waals surface area contributed by atoms with E-state index < -0.39 is 11.0 Å². The molecule has 0 aliphatic carbocycles. The van der Waals surface area contributed by atoms with Crippen LogP contribution in [-0.4, -0.2) is 32.0 Å². The van der Waals surface area contributed by atoms with Gasteiger partial charge in [0, 0.05) is 18.7 Å². The highest BCUT2D eigenvalue weighted by molar-refractivity contribution is 8.26. The number of hydrogen-bond donors (Lipinski definition) is 1. The summed E-state index contributed by atoms with van der Waals surface area (Å²) in [6.45, 7) is 1.98. The molecule has 1 fully saturated rings. The van der Waals surface area contributed by atoms with Crippen molar-refractivity contribution in [3.05, 3.63) is 80.7 Å². The third-order valence-electron chi connectivity index (χ3n) is 4.30. The first-order valence-corrected chi connectivity index (χ1v) is 9.92. The summed E-state index contributed by atoms with van der Waals surface area (Å²) in [6.07, 6.45) is 1.61. The molecule has 1 aliphatic heterocycles. The van der Waals surface area contributed by atoms with Crippen LogP contribution < -0.4 is 5.32 Å². The molecule has 1 N–H and O–H groups in total. The van der Waals surface area contributed by atoms with E-state index >= 15 is 0 Å². The maximum absolute atomic E-state index is 12.8. The van der Waals surface area contributed by atoms with Gasteiger partial charge < -0.3 is 5.32 Å². The lowest BCUT2D eigenvalue weighted by atomic mass is 10.2. The van der Waals surface area contributed by atoms with Gasteiger partial charge >= 0.3 is 0 Å². The minimum atomic E-state index is -0.756. The SMILES string of the molecule is CC(C(=O)NCc1ccccc1)N1C(=O)/C(=C/c2ccc([N+](=O)[O-])cc2)SC1=S. The first kappa shape index (κ1) is 20.7. The number of thioether (sulfide) groups is 1. The Labute approximate surface area is 176 Å².